The summed E-state index contributed by atoms with van der Waals surface area (Å²) in [5, 5.41) is 0. The van der Waals surface area contributed by atoms with E-state index in [9.17, 15) is 9.59 Å². The van der Waals surface area contributed by atoms with E-state index >= 15 is 0 Å². The molecule has 0 N–H and O–H groups in total. The van der Waals surface area contributed by atoms with E-state index in [-0.39, 0.29) is 24.2 Å². The molecule has 2 saturated heterocycles. The predicted molar refractivity (Wildman–Crippen MR) is 94.2 cm³/mol. The van der Waals surface area contributed by atoms with Crippen LogP contribution in [0.3, 0.4) is 0 Å². The van der Waals surface area contributed by atoms with Crippen LogP contribution in [0, 0.1) is 11.8 Å². The van der Waals surface area contributed by atoms with E-state index in [1.54, 1.807) is 18.3 Å². The van der Waals surface area contributed by atoms with E-state index in [4.69, 9.17) is 13.9 Å². The normalized spacial score (nSPS) is 22.1. The Kier molecular flexibility index (Phi) is 6.68. The number of hydrogen-bond acceptors (Lipinski definition) is 6. The summed E-state index contributed by atoms with van der Waals surface area (Å²) in [6.07, 6.45) is 3.98. The summed E-state index contributed by atoms with van der Waals surface area (Å²) in [6.45, 7) is 4.72. The maximum atomic E-state index is 12.3. The van der Waals surface area contributed by atoms with Crippen LogP contribution in [0.1, 0.15) is 25.0 Å². The number of furan rings is 1. The van der Waals surface area contributed by atoms with Crippen molar-refractivity contribution in [2.75, 3.05) is 46.5 Å². The van der Waals surface area contributed by atoms with Crippen molar-refractivity contribution in [2.24, 2.45) is 11.8 Å². The van der Waals surface area contributed by atoms with Gasteiger partial charge in [-0.25, -0.2) is 0 Å². The van der Waals surface area contributed by atoms with Crippen molar-refractivity contribution in [1.82, 2.24) is 9.80 Å². The molecule has 3 heterocycles. The first-order chi connectivity index (χ1) is 12.7. The zero-order valence-electron chi connectivity index (χ0n) is 15.4. The molecule has 0 unspecified atom stereocenters. The highest BCUT2D eigenvalue weighted by Gasteiger charge is 2.35. The van der Waals surface area contributed by atoms with Gasteiger partial charge in [0.15, 0.2) is 0 Å². The molecule has 0 spiro atoms. The van der Waals surface area contributed by atoms with Crippen LogP contribution in [0.2, 0.25) is 0 Å². The number of piperidine rings is 1. The van der Waals surface area contributed by atoms with E-state index in [1.165, 1.54) is 0 Å². The lowest BCUT2D eigenvalue weighted by Crippen LogP contribution is -2.35. The van der Waals surface area contributed by atoms with Gasteiger partial charge in [-0.2, -0.15) is 0 Å². The third-order valence-corrected chi connectivity index (χ3v) is 5.24. The molecule has 0 bridgehead atoms. The first-order valence-electron chi connectivity index (χ1n) is 9.33. The monoisotopic (exact) mass is 364 g/mol. The first-order valence-corrected chi connectivity index (χ1v) is 9.33. The van der Waals surface area contributed by atoms with Gasteiger partial charge in [-0.1, -0.05) is 0 Å². The highest BCUT2D eigenvalue weighted by atomic mass is 16.5. The Morgan fingerprint density at radius 1 is 1.35 bits per heavy atom. The number of carbonyl (C=O) groups is 2. The number of likely N-dealkylation sites (tertiary alicyclic amines) is 2. The van der Waals surface area contributed by atoms with E-state index in [0.717, 1.165) is 38.2 Å². The van der Waals surface area contributed by atoms with Crippen LogP contribution >= 0.6 is 0 Å². The molecule has 1 aromatic heterocycles. The standard InChI is InChI=1S/C19H28N2O5/c1-24-10-8-21-12-16(11-18(21)22)19(23)26-14-15-4-6-20(7-5-15)13-17-3-2-9-25-17/h2-3,9,15-16H,4-8,10-14H2,1H3/t16-/m0/s1. The zero-order chi connectivity index (χ0) is 18.4. The minimum atomic E-state index is -0.335. The molecule has 0 aliphatic carbocycles. The average Bonchev–Trinajstić information content (AvgIpc) is 3.29. The van der Waals surface area contributed by atoms with Gasteiger partial charge in [0.2, 0.25) is 5.91 Å². The fourth-order valence-corrected chi connectivity index (χ4v) is 3.60. The molecule has 2 aliphatic heterocycles. The number of methoxy groups -OCH3 is 1. The van der Waals surface area contributed by atoms with Crippen molar-refractivity contribution in [3.8, 4) is 0 Å². The zero-order valence-corrected chi connectivity index (χ0v) is 15.4. The van der Waals surface area contributed by atoms with E-state index in [0.29, 0.717) is 32.2 Å². The van der Waals surface area contributed by atoms with Crippen molar-refractivity contribution in [2.45, 2.75) is 25.8 Å². The summed E-state index contributed by atoms with van der Waals surface area (Å²) in [5.41, 5.74) is 0. The van der Waals surface area contributed by atoms with E-state index in [1.807, 2.05) is 12.1 Å². The summed E-state index contributed by atoms with van der Waals surface area (Å²) >= 11 is 0. The SMILES string of the molecule is COCCN1C[C@@H](C(=O)OCC2CCN(Cc3ccco3)CC2)CC1=O. The molecule has 2 fully saturated rings. The third-order valence-electron chi connectivity index (χ3n) is 5.24. The van der Waals surface area contributed by atoms with Crippen LogP contribution in [0.15, 0.2) is 22.8 Å². The van der Waals surface area contributed by atoms with Gasteiger partial charge in [0.1, 0.15) is 5.76 Å². The lowest BCUT2D eigenvalue weighted by Gasteiger charge is -2.31. The first kappa shape index (κ1) is 18.9. The highest BCUT2D eigenvalue weighted by molar-refractivity contribution is 5.86. The predicted octanol–water partition coefficient (Wildman–Crippen LogP) is 1.53. The molecule has 144 valence electrons. The van der Waals surface area contributed by atoms with Gasteiger partial charge in [-0.15, -0.1) is 0 Å². The molecule has 0 saturated carbocycles. The van der Waals surface area contributed by atoms with Crippen LogP contribution in [-0.4, -0.2) is 68.2 Å². The molecule has 0 aromatic carbocycles. The van der Waals surface area contributed by atoms with Crippen molar-refractivity contribution < 1.29 is 23.5 Å². The number of rotatable bonds is 8. The summed E-state index contributed by atoms with van der Waals surface area (Å²) < 4.78 is 15.9. The number of carbonyl (C=O) groups excluding carboxylic acids is 2. The van der Waals surface area contributed by atoms with Gasteiger partial charge in [0.25, 0.3) is 0 Å². The molecular weight excluding hydrogens is 336 g/mol. The average molecular weight is 364 g/mol. The summed E-state index contributed by atoms with van der Waals surface area (Å²) in [6, 6.07) is 3.90. The maximum absolute atomic E-state index is 12.3. The Bertz CT molecular complexity index is 581. The Hall–Kier alpha value is -1.86. The molecule has 7 nitrogen and oxygen atoms in total. The molecule has 7 heteroatoms. The maximum Gasteiger partial charge on any atom is 0.311 e. The molecule has 26 heavy (non-hydrogen) atoms. The number of ether oxygens (including phenoxy) is 2. The lowest BCUT2D eigenvalue weighted by atomic mass is 9.97. The second kappa shape index (κ2) is 9.19. The Morgan fingerprint density at radius 3 is 2.85 bits per heavy atom. The summed E-state index contributed by atoms with van der Waals surface area (Å²) in [7, 11) is 1.60. The van der Waals surface area contributed by atoms with E-state index < -0.39 is 0 Å². The van der Waals surface area contributed by atoms with Crippen molar-refractivity contribution in [1.29, 1.82) is 0 Å². The van der Waals surface area contributed by atoms with Gasteiger partial charge in [-0.05, 0) is 44.0 Å². The second-order valence-corrected chi connectivity index (χ2v) is 7.16. The largest absolute Gasteiger partial charge is 0.468 e. The van der Waals surface area contributed by atoms with Gasteiger partial charge in [0, 0.05) is 26.6 Å². The number of hydrogen-bond donors (Lipinski definition) is 0. The van der Waals surface area contributed by atoms with Crippen LogP contribution < -0.4 is 0 Å². The molecule has 2 aliphatic rings. The van der Waals surface area contributed by atoms with Crippen molar-refractivity contribution >= 4 is 11.9 Å². The Labute approximate surface area is 154 Å². The Balaban J connectivity index is 1.34. The topological polar surface area (TPSA) is 72.2 Å². The molecule has 1 atom stereocenters. The second-order valence-electron chi connectivity index (χ2n) is 7.16. The van der Waals surface area contributed by atoms with Crippen LogP contribution in [0.4, 0.5) is 0 Å². The van der Waals surface area contributed by atoms with E-state index in [2.05, 4.69) is 4.90 Å². The van der Waals surface area contributed by atoms with Crippen molar-refractivity contribution in [3.05, 3.63) is 24.2 Å². The third kappa shape index (κ3) is 5.08. The number of nitrogens with zero attached hydrogens (tertiary/aromatic N) is 2. The van der Waals surface area contributed by atoms with Gasteiger partial charge in [0.05, 0.1) is 31.9 Å². The molecule has 0 radical (unpaired) electrons. The van der Waals surface area contributed by atoms with Gasteiger partial charge in [-0.3, -0.25) is 14.5 Å². The fraction of sp³-hybridized carbons (Fsp3) is 0.684. The molecule has 3 rings (SSSR count). The fourth-order valence-electron chi connectivity index (χ4n) is 3.60. The van der Waals surface area contributed by atoms with Crippen LogP contribution in [0.5, 0.6) is 0 Å². The molecule has 1 amide bonds. The lowest BCUT2D eigenvalue weighted by molar-refractivity contribution is -0.150. The number of amides is 1. The van der Waals surface area contributed by atoms with Crippen LogP contribution in [-0.2, 0) is 25.6 Å². The highest BCUT2D eigenvalue weighted by Crippen LogP contribution is 2.22. The van der Waals surface area contributed by atoms with Crippen molar-refractivity contribution in [3.63, 3.8) is 0 Å². The Morgan fingerprint density at radius 2 is 2.15 bits per heavy atom. The quantitative estimate of drug-likeness (QED) is 0.652. The minimum Gasteiger partial charge on any atom is -0.468 e. The minimum absolute atomic E-state index is 0.00948. The molecular formula is C19H28N2O5. The van der Waals surface area contributed by atoms with Crippen LogP contribution in [0.25, 0.3) is 0 Å². The molecule has 1 aromatic rings. The summed E-state index contributed by atoms with van der Waals surface area (Å²) in [4.78, 5) is 28.2. The summed E-state index contributed by atoms with van der Waals surface area (Å²) in [5.74, 6) is 0.817. The smallest absolute Gasteiger partial charge is 0.311 e. The number of esters is 1. The van der Waals surface area contributed by atoms with Gasteiger partial charge < -0.3 is 18.8 Å². The van der Waals surface area contributed by atoms with Gasteiger partial charge >= 0.3 is 5.97 Å².